The van der Waals surface area contributed by atoms with Crippen molar-refractivity contribution >= 4 is 33.2 Å². The number of halogens is 1. The monoisotopic (exact) mass is 362 g/mol. The molecule has 0 radical (unpaired) electrons. The Hall–Kier alpha value is -1.92. The van der Waals surface area contributed by atoms with Crippen molar-refractivity contribution in [1.82, 2.24) is 9.78 Å². The average molecular weight is 363 g/mol. The number of hydrogen-bond donors (Lipinski definition) is 1. The fourth-order valence-electron chi connectivity index (χ4n) is 2.10. The second-order valence-corrected chi connectivity index (χ2v) is 6.99. The van der Waals surface area contributed by atoms with Gasteiger partial charge in [0.15, 0.2) is 0 Å². The fourth-order valence-corrected chi connectivity index (χ4v) is 3.48. The summed E-state index contributed by atoms with van der Waals surface area (Å²) in [6.07, 6.45) is 1.56. The first-order valence-corrected chi connectivity index (χ1v) is 7.82. The van der Waals surface area contributed by atoms with E-state index in [1.807, 2.05) is 43.3 Å². The molecule has 0 aliphatic rings. The maximum atomic E-state index is 11.5. The van der Waals surface area contributed by atoms with E-state index in [9.17, 15) is 9.90 Å². The molecule has 0 bridgehead atoms. The van der Waals surface area contributed by atoms with E-state index in [4.69, 9.17) is 0 Å². The normalized spacial score (nSPS) is 10.8. The third-order valence-corrected chi connectivity index (χ3v) is 4.74. The third-order valence-electron chi connectivity index (χ3n) is 3.11. The molecule has 4 nitrogen and oxygen atoms in total. The summed E-state index contributed by atoms with van der Waals surface area (Å²) >= 11 is 4.85. The maximum absolute atomic E-state index is 11.5. The van der Waals surface area contributed by atoms with Crippen LogP contribution in [0, 0.1) is 6.92 Å². The molecular weight excluding hydrogens is 352 g/mol. The Morgan fingerprint density at radius 3 is 2.67 bits per heavy atom. The summed E-state index contributed by atoms with van der Waals surface area (Å²) < 4.78 is 2.57. The first-order chi connectivity index (χ1) is 10.1. The molecule has 3 aromatic rings. The Morgan fingerprint density at radius 2 is 2.05 bits per heavy atom. The van der Waals surface area contributed by atoms with Gasteiger partial charge in [-0.05, 0) is 46.6 Å². The first-order valence-electron chi connectivity index (χ1n) is 6.21. The summed E-state index contributed by atoms with van der Waals surface area (Å²) in [6, 6.07) is 11.5. The molecule has 2 aromatic heterocycles. The van der Waals surface area contributed by atoms with Gasteiger partial charge in [0.1, 0.15) is 11.3 Å². The van der Waals surface area contributed by atoms with Crippen LogP contribution in [0.1, 0.15) is 15.9 Å². The molecule has 0 atom stereocenters. The van der Waals surface area contributed by atoms with E-state index >= 15 is 0 Å². The van der Waals surface area contributed by atoms with Crippen LogP contribution in [0.5, 0.6) is 0 Å². The van der Waals surface area contributed by atoms with E-state index in [1.54, 1.807) is 10.9 Å². The van der Waals surface area contributed by atoms with Crippen molar-refractivity contribution in [1.29, 1.82) is 0 Å². The molecule has 21 heavy (non-hydrogen) atoms. The molecule has 0 aliphatic heterocycles. The highest BCUT2D eigenvalue weighted by Crippen LogP contribution is 2.33. The van der Waals surface area contributed by atoms with Crippen molar-refractivity contribution < 1.29 is 9.90 Å². The van der Waals surface area contributed by atoms with Gasteiger partial charge in [0.25, 0.3) is 0 Å². The molecule has 106 valence electrons. The Labute approximate surface area is 133 Å². The fraction of sp³-hybridized carbons (Fsp3) is 0.0667. The molecule has 3 rings (SSSR count). The number of thiophene rings is 1. The number of para-hydroxylation sites is 1. The van der Waals surface area contributed by atoms with Crippen molar-refractivity contribution in [3.8, 4) is 16.3 Å². The lowest BCUT2D eigenvalue weighted by Crippen LogP contribution is -1.97. The topological polar surface area (TPSA) is 55.1 Å². The van der Waals surface area contributed by atoms with Gasteiger partial charge in [0, 0.05) is 6.20 Å². The van der Waals surface area contributed by atoms with Crippen molar-refractivity contribution in [2.24, 2.45) is 0 Å². The smallest absolute Gasteiger partial charge is 0.339 e. The van der Waals surface area contributed by atoms with Gasteiger partial charge in [0.2, 0.25) is 0 Å². The van der Waals surface area contributed by atoms with Crippen LogP contribution in [-0.2, 0) is 0 Å². The average Bonchev–Trinajstić information content (AvgIpc) is 3.05. The zero-order valence-electron chi connectivity index (χ0n) is 11.1. The molecule has 1 aromatic carbocycles. The summed E-state index contributed by atoms with van der Waals surface area (Å²) in [5.41, 5.74) is 2.60. The molecule has 1 N–H and O–H groups in total. The van der Waals surface area contributed by atoms with E-state index in [0.717, 1.165) is 19.9 Å². The number of rotatable bonds is 3. The van der Waals surface area contributed by atoms with Gasteiger partial charge in [-0.1, -0.05) is 18.2 Å². The molecule has 6 heteroatoms. The van der Waals surface area contributed by atoms with E-state index < -0.39 is 5.97 Å². The van der Waals surface area contributed by atoms with Crippen LogP contribution < -0.4 is 0 Å². The highest BCUT2D eigenvalue weighted by atomic mass is 79.9. The van der Waals surface area contributed by atoms with Gasteiger partial charge in [-0.2, -0.15) is 5.10 Å². The SMILES string of the molecule is Cc1ccccc1-n1cc(C(=O)O)c(-c2ccc(Br)s2)n1. The molecule has 0 aliphatic carbocycles. The molecule has 0 amide bonds. The summed E-state index contributed by atoms with van der Waals surface area (Å²) in [7, 11) is 0. The van der Waals surface area contributed by atoms with Crippen LogP contribution in [0.4, 0.5) is 0 Å². The van der Waals surface area contributed by atoms with Crippen LogP contribution >= 0.6 is 27.3 Å². The van der Waals surface area contributed by atoms with Crippen LogP contribution in [0.15, 0.2) is 46.4 Å². The molecule has 2 heterocycles. The van der Waals surface area contributed by atoms with E-state index in [2.05, 4.69) is 21.0 Å². The minimum Gasteiger partial charge on any atom is -0.478 e. The molecule has 0 unspecified atom stereocenters. The summed E-state index contributed by atoms with van der Waals surface area (Å²) in [4.78, 5) is 12.3. The zero-order chi connectivity index (χ0) is 15.0. The van der Waals surface area contributed by atoms with Gasteiger partial charge in [-0.25, -0.2) is 9.48 Å². The lowest BCUT2D eigenvalue weighted by Gasteiger charge is -2.04. The van der Waals surface area contributed by atoms with Crippen LogP contribution in [0.25, 0.3) is 16.3 Å². The maximum Gasteiger partial charge on any atom is 0.339 e. The number of carbonyl (C=O) groups is 1. The number of carboxylic acid groups (broad SMARTS) is 1. The van der Waals surface area contributed by atoms with Crippen molar-refractivity contribution in [2.45, 2.75) is 6.92 Å². The molecule has 0 spiro atoms. The Morgan fingerprint density at radius 1 is 1.29 bits per heavy atom. The number of aromatic carboxylic acids is 1. The number of hydrogen-bond acceptors (Lipinski definition) is 3. The van der Waals surface area contributed by atoms with E-state index in [-0.39, 0.29) is 5.56 Å². The third kappa shape index (κ3) is 2.64. The number of benzene rings is 1. The Balaban J connectivity index is 2.18. The quantitative estimate of drug-likeness (QED) is 0.752. The number of aromatic nitrogens is 2. The predicted octanol–water partition coefficient (Wildman–Crippen LogP) is 4.37. The van der Waals surface area contributed by atoms with Crippen LogP contribution in [0.3, 0.4) is 0 Å². The summed E-state index contributed by atoms with van der Waals surface area (Å²) in [5.74, 6) is -0.977. The van der Waals surface area contributed by atoms with Crippen molar-refractivity contribution in [3.63, 3.8) is 0 Å². The molecular formula is C15H11BrN2O2S. The Kier molecular flexibility index (Phi) is 3.65. The minimum absolute atomic E-state index is 0.201. The van der Waals surface area contributed by atoms with E-state index in [0.29, 0.717) is 5.69 Å². The van der Waals surface area contributed by atoms with Gasteiger partial charge >= 0.3 is 5.97 Å². The van der Waals surface area contributed by atoms with Gasteiger partial charge in [-0.15, -0.1) is 11.3 Å². The number of aryl methyl sites for hydroxylation is 1. The lowest BCUT2D eigenvalue weighted by atomic mass is 10.2. The minimum atomic E-state index is -0.977. The molecule has 0 fully saturated rings. The molecule has 0 saturated carbocycles. The van der Waals surface area contributed by atoms with E-state index in [1.165, 1.54) is 11.3 Å². The van der Waals surface area contributed by atoms with Crippen molar-refractivity contribution in [3.05, 3.63) is 57.5 Å². The summed E-state index contributed by atoms with van der Waals surface area (Å²) in [6.45, 7) is 1.97. The van der Waals surface area contributed by atoms with Crippen LogP contribution in [0.2, 0.25) is 0 Å². The van der Waals surface area contributed by atoms with Gasteiger partial charge in [-0.3, -0.25) is 0 Å². The standard InChI is InChI=1S/C15H11BrN2O2S/c1-9-4-2-3-5-11(9)18-8-10(15(19)20)14(17-18)12-6-7-13(16)21-12/h2-8H,1H3,(H,19,20). The summed E-state index contributed by atoms with van der Waals surface area (Å²) in [5, 5.41) is 13.9. The highest BCUT2D eigenvalue weighted by Gasteiger charge is 2.19. The second kappa shape index (κ2) is 5.46. The Bertz CT molecular complexity index is 823. The number of carboxylic acids is 1. The largest absolute Gasteiger partial charge is 0.478 e. The second-order valence-electron chi connectivity index (χ2n) is 4.53. The zero-order valence-corrected chi connectivity index (χ0v) is 13.5. The first kappa shape index (κ1) is 14.0. The highest BCUT2D eigenvalue weighted by molar-refractivity contribution is 9.11. The van der Waals surface area contributed by atoms with Gasteiger partial charge in [0.05, 0.1) is 14.4 Å². The lowest BCUT2D eigenvalue weighted by molar-refractivity contribution is 0.0697. The molecule has 0 saturated heterocycles. The van der Waals surface area contributed by atoms with Crippen molar-refractivity contribution in [2.75, 3.05) is 0 Å². The predicted molar refractivity (Wildman–Crippen MR) is 86.3 cm³/mol. The number of nitrogens with zero attached hydrogens (tertiary/aromatic N) is 2. The van der Waals surface area contributed by atoms with Crippen LogP contribution in [-0.4, -0.2) is 20.9 Å². The van der Waals surface area contributed by atoms with Gasteiger partial charge < -0.3 is 5.11 Å².